The van der Waals surface area contributed by atoms with E-state index >= 15 is 0 Å². The van der Waals surface area contributed by atoms with Gasteiger partial charge in [0, 0.05) is 52.8 Å². The highest BCUT2D eigenvalue weighted by Crippen LogP contribution is 2.48. The average Bonchev–Trinajstić information content (AvgIpc) is 3.42. The minimum absolute atomic E-state index is 0.158. The zero-order valence-corrected chi connectivity index (χ0v) is 29.0. The summed E-state index contributed by atoms with van der Waals surface area (Å²) in [5.74, 6) is 0.158. The SMILES string of the molecule is C=C/C=C\C=C(/CC)N1C/C(=C/C=C\C(=C)C2=CC=CC3=C[C@@]2(C)C2C=C/C=C\CC(=C2)N3C(/C=C\C)=C/C=C)CCc2ccccc21. The van der Waals surface area contributed by atoms with E-state index in [0.717, 1.165) is 49.2 Å². The average molecular weight is 631 g/mol. The first kappa shape index (κ1) is 34.3. The Balaban J connectivity index is 1.47. The Bertz CT molecular complexity index is 1780. The van der Waals surface area contributed by atoms with Crippen LogP contribution in [0.3, 0.4) is 0 Å². The first-order valence-electron chi connectivity index (χ1n) is 17.2. The van der Waals surface area contributed by atoms with Gasteiger partial charge in [0.25, 0.3) is 0 Å². The fourth-order valence-corrected chi connectivity index (χ4v) is 7.10. The Morgan fingerprint density at radius 2 is 1.85 bits per heavy atom. The molecular formula is C46H50N2. The second kappa shape index (κ2) is 16.2. The number of hydrogen-bond acceptors (Lipinski definition) is 2. The van der Waals surface area contributed by atoms with Crippen molar-refractivity contribution in [2.24, 2.45) is 11.3 Å². The minimum atomic E-state index is -0.301. The highest BCUT2D eigenvalue weighted by Gasteiger charge is 2.39. The maximum Gasteiger partial charge on any atom is 0.0454 e. The Morgan fingerprint density at radius 3 is 2.65 bits per heavy atom. The van der Waals surface area contributed by atoms with Crippen molar-refractivity contribution in [2.45, 2.75) is 46.5 Å². The molecule has 0 fully saturated rings. The van der Waals surface area contributed by atoms with Gasteiger partial charge >= 0.3 is 0 Å². The quantitative estimate of drug-likeness (QED) is 0.237. The predicted molar refractivity (Wildman–Crippen MR) is 209 cm³/mol. The molecule has 244 valence electrons. The standard InChI is InChI=1S/C46H50N2/c1-7-11-13-26-40(10-4)47-35-37(31-32-38-24-16-17-30-45(38)47)23-18-22-36(5)44-29-19-28-43-34-46(44,6)39-25-14-12-15-27-42(33-39)48(43)41(20-8-2)21-9-3/h7-9,11-26,28-30,33-34,39H,1-2,5,10,27,31-32,35H2,3-4,6H3/b13-11-,15-12-,21-9-,22-18-,25-14?,37-23+,40-26+,41-20+/t39?,46-/m0/s1. The molecule has 1 aromatic carbocycles. The lowest BCUT2D eigenvalue weighted by Gasteiger charge is -2.34. The van der Waals surface area contributed by atoms with Crippen molar-refractivity contribution in [1.29, 1.82) is 0 Å². The molecule has 0 spiro atoms. The first-order chi connectivity index (χ1) is 23.4. The molecule has 1 aromatic rings. The number of anilines is 1. The van der Waals surface area contributed by atoms with Gasteiger partial charge in [-0.25, -0.2) is 0 Å². The van der Waals surface area contributed by atoms with E-state index in [1.54, 1.807) is 0 Å². The van der Waals surface area contributed by atoms with Crippen LogP contribution >= 0.6 is 0 Å². The van der Waals surface area contributed by atoms with Gasteiger partial charge in [-0.05, 0) is 79.3 Å². The summed E-state index contributed by atoms with van der Waals surface area (Å²) in [7, 11) is 0. The maximum atomic E-state index is 4.64. The zero-order chi connectivity index (χ0) is 33.9. The van der Waals surface area contributed by atoms with Crippen LogP contribution in [0.1, 0.15) is 45.6 Å². The molecule has 4 aliphatic rings. The molecule has 0 amide bonds. The van der Waals surface area contributed by atoms with Gasteiger partial charge in [-0.1, -0.05) is 148 Å². The molecule has 2 heteroatoms. The van der Waals surface area contributed by atoms with Crippen LogP contribution < -0.4 is 4.90 Å². The van der Waals surface area contributed by atoms with Gasteiger partial charge < -0.3 is 9.80 Å². The summed E-state index contributed by atoms with van der Waals surface area (Å²) in [6.07, 6.45) is 47.4. The number of para-hydroxylation sites is 1. The highest BCUT2D eigenvalue weighted by molar-refractivity contribution is 5.61. The van der Waals surface area contributed by atoms with E-state index < -0.39 is 0 Å². The summed E-state index contributed by atoms with van der Waals surface area (Å²) in [5.41, 5.74) is 10.9. The number of hydrogen-bond donors (Lipinski definition) is 0. The second-order valence-electron chi connectivity index (χ2n) is 12.7. The number of rotatable bonds is 10. The van der Waals surface area contributed by atoms with Crippen molar-refractivity contribution in [1.82, 2.24) is 4.90 Å². The lowest BCUT2D eigenvalue weighted by Crippen LogP contribution is -2.26. The van der Waals surface area contributed by atoms with Crippen molar-refractivity contribution in [3.8, 4) is 0 Å². The third kappa shape index (κ3) is 7.55. The Hall–Kier alpha value is -5.08. The molecule has 0 N–H and O–H groups in total. The van der Waals surface area contributed by atoms with Crippen LogP contribution in [0.25, 0.3) is 0 Å². The summed E-state index contributed by atoms with van der Waals surface area (Å²) < 4.78 is 0. The number of nitrogens with zero attached hydrogens (tertiary/aromatic N) is 2. The molecule has 2 aliphatic carbocycles. The lowest BCUT2D eigenvalue weighted by molar-refractivity contribution is 0.438. The van der Waals surface area contributed by atoms with Gasteiger partial charge in [0.1, 0.15) is 0 Å². The maximum absolute atomic E-state index is 4.64. The van der Waals surface area contributed by atoms with Crippen LogP contribution in [0.15, 0.2) is 205 Å². The predicted octanol–water partition coefficient (Wildman–Crippen LogP) is 11.9. The van der Waals surface area contributed by atoms with Crippen molar-refractivity contribution in [3.05, 3.63) is 211 Å². The molecule has 2 atom stereocenters. The van der Waals surface area contributed by atoms with E-state index in [4.69, 9.17) is 0 Å². The van der Waals surface area contributed by atoms with E-state index in [-0.39, 0.29) is 11.3 Å². The van der Waals surface area contributed by atoms with E-state index in [1.165, 1.54) is 33.8 Å². The number of benzene rings is 1. The Labute approximate surface area is 289 Å². The van der Waals surface area contributed by atoms with Gasteiger partial charge in [0.05, 0.1) is 0 Å². The molecule has 0 radical (unpaired) electrons. The van der Waals surface area contributed by atoms with Gasteiger partial charge in [-0.2, -0.15) is 0 Å². The molecule has 0 saturated carbocycles. The summed E-state index contributed by atoms with van der Waals surface area (Å²) in [4.78, 5) is 4.86. The van der Waals surface area contributed by atoms with Gasteiger partial charge in [0.2, 0.25) is 0 Å². The summed E-state index contributed by atoms with van der Waals surface area (Å²) in [6, 6.07) is 8.83. The van der Waals surface area contributed by atoms with Crippen molar-refractivity contribution in [3.63, 3.8) is 0 Å². The molecule has 0 aromatic heterocycles. The summed E-state index contributed by atoms with van der Waals surface area (Å²) in [6.45, 7) is 20.0. The van der Waals surface area contributed by atoms with Crippen molar-refractivity contribution >= 4 is 5.69 Å². The molecule has 48 heavy (non-hydrogen) atoms. The largest absolute Gasteiger partial charge is 0.341 e. The molecule has 2 nitrogen and oxygen atoms in total. The van der Waals surface area contributed by atoms with E-state index in [1.807, 2.05) is 18.2 Å². The van der Waals surface area contributed by atoms with Crippen LogP contribution in [0, 0.1) is 11.3 Å². The molecule has 1 unspecified atom stereocenters. The Kier molecular flexibility index (Phi) is 11.5. The minimum Gasteiger partial charge on any atom is -0.341 e. The lowest BCUT2D eigenvalue weighted by atomic mass is 9.68. The van der Waals surface area contributed by atoms with Crippen molar-refractivity contribution < 1.29 is 0 Å². The van der Waals surface area contributed by atoms with Gasteiger partial charge in [0.15, 0.2) is 0 Å². The van der Waals surface area contributed by atoms with Gasteiger partial charge in [-0.15, -0.1) is 0 Å². The zero-order valence-electron chi connectivity index (χ0n) is 29.0. The normalized spacial score (nSPS) is 24.4. The molecule has 2 heterocycles. The Morgan fingerprint density at radius 1 is 1.00 bits per heavy atom. The highest BCUT2D eigenvalue weighted by atomic mass is 15.2. The molecule has 0 saturated heterocycles. The van der Waals surface area contributed by atoms with E-state index in [9.17, 15) is 0 Å². The number of fused-ring (bicyclic) bond motifs is 4. The number of allylic oxidation sites excluding steroid dienone is 23. The number of aryl methyl sites for hydroxylation is 1. The first-order valence-corrected chi connectivity index (χ1v) is 17.2. The van der Waals surface area contributed by atoms with E-state index in [2.05, 4.69) is 178 Å². The fraction of sp³-hybridized carbons (Fsp3) is 0.217. The molecule has 4 bridgehead atoms. The second-order valence-corrected chi connectivity index (χ2v) is 12.7. The van der Waals surface area contributed by atoms with Crippen LogP contribution in [0.4, 0.5) is 5.69 Å². The molecular weight excluding hydrogens is 581 g/mol. The topological polar surface area (TPSA) is 6.48 Å². The van der Waals surface area contributed by atoms with E-state index in [0.29, 0.717) is 0 Å². The molecule has 5 rings (SSSR count). The third-order valence-electron chi connectivity index (χ3n) is 9.52. The fourth-order valence-electron chi connectivity index (χ4n) is 7.10. The summed E-state index contributed by atoms with van der Waals surface area (Å²) >= 11 is 0. The van der Waals surface area contributed by atoms with Crippen molar-refractivity contribution in [2.75, 3.05) is 11.4 Å². The molecule has 2 aliphatic heterocycles. The van der Waals surface area contributed by atoms with Crippen LogP contribution in [-0.2, 0) is 6.42 Å². The van der Waals surface area contributed by atoms with Crippen LogP contribution in [0.2, 0.25) is 0 Å². The van der Waals surface area contributed by atoms with Gasteiger partial charge in [-0.3, -0.25) is 0 Å². The smallest absolute Gasteiger partial charge is 0.0454 e. The monoisotopic (exact) mass is 630 g/mol. The van der Waals surface area contributed by atoms with Crippen LogP contribution in [-0.4, -0.2) is 11.4 Å². The van der Waals surface area contributed by atoms with Crippen LogP contribution in [0.5, 0.6) is 0 Å². The summed E-state index contributed by atoms with van der Waals surface area (Å²) in [5, 5.41) is 0. The third-order valence-corrected chi connectivity index (χ3v) is 9.52.